The van der Waals surface area contributed by atoms with Gasteiger partial charge in [-0.1, -0.05) is 0 Å². The van der Waals surface area contributed by atoms with E-state index >= 15 is 0 Å². The quantitative estimate of drug-likeness (QED) is 0.388. The molecule has 0 saturated carbocycles. The van der Waals surface area contributed by atoms with Gasteiger partial charge in [0.05, 0.1) is 0 Å². The molecule has 0 N–H and O–H groups in total. The molecule has 0 saturated heterocycles. The van der Waals surface area contributed by atoms with Gasteiger partial charge in [-0.05, 0) is 0 Å². The van der Waals surface area contributed by atoms with E-state index in [1.165, 1.54) is 68.9 Å². The molecule has 0 heterocycles. The zero-order chi connectivity index (χ0) is 18.1. The van der Waals surface area contributed by atoms with Crippen molar-refractivity contribution in [1.82, 2.24) is 0 Å². The second-order valence-corrected chi connectivity index (χ2v) is 8.52. The van der Waals surface area contributed by atoms with Gasteiger partial charge in [-0.25, -0.2) is 0 Å². The van der Waals surface area contributed by atoms with E-state index in [-0.39, 0.29) is 0 Å². The zero-order valence-electron chi connectivity index (χ0n) is 16.3. The number of unbranched alkanes of at least 4 members (excludes halogenated alkanes) is 3. The van der Waals surface area contributed by atoms with Gasteiger partial charge in [0.25, 0.3) is 0 Å². The summed E-state index contributed by atoms with van der Waals surface area (Å²) in [4.78, 5) is 0. The van der Waals surface area contributed by atoms with E-state index in [1.54, 1.807) is 42.8 Å². The van der Waals surface area contributed by atoms with Gasteiger partial charge in [-0.3, -0.25) is 0 Å². The Labute approximate surface area is 168 Å². The van der Waals surface area contributed by atoms with Gasteiger partial charge in [0.1, 0.15) is 0 Å². The average molecular weight is 440 g/mol. The van der Waals surface area contributed by atoms with E-state index in [0.29, 0.717) is 0 Å². The van der Waals surface area contributed by atoms with Crippen molar-refractivity contribution in [2.45, 2.75) is 78.6 Å². The number of benzene rings is 2. The van der Waals surface area contributed by atoms with Gasteiger partial charge in [0.15, 0.2) is 0 Å². The second kappa shape index (κ2) is 11.1. The molecule has 0 nitrogen and oxygen atoms in total. The first-order chi connectivity index (χ1) is 12.2. The summed E-state index contributed by atoms with van der Waals surface area (Å²) < 4.78 is 1.67. The Morgan fingerprint density at radius 1 is 0.720 bits per heavy atom. The normalized spacial score (nSPS) is 11.0. The van der Waals surface area contributed by atoms with Crippen LogP contribution in [-0.2, 0) is 19.3 Å². The first-order valence-corrected chi connectivity index (χ1v) is 11.6. The molecule has 133 valence electrons. The van der Waals surface area contributed by atoms with Crippen LogP contribution < -0.4 is 3.58 Å². The van der Waals surface area contributed by atoms with Crippen molar-refractivity contribution in [3.63, 3.8) is 0 Å². The Morgan fingerprint density at radius 3 is 1.88 bits per heavy atom. The molecule has 0 aliphatic rings. The summed E-state index contributed by atoms with van der Waals surface area (Å²) in [6.45, 7) is 6.92. The number of hydrogen-bond donors (Lipinski definition) is 0. The fraction of sp³-hybridized carbons (Fsp3) is 0.500. The maximum atomic E-state index is 2.54. The molecule has 0 amide bonds. The molecule has 0 bridgehead atoms. The minimum absolute atomic E-state index is 1.23. The molecule has 2 rings (SSSR count). The minimum atomic E-state index is 1.23. The monoisotopic (exact) mass is 441 g/mol. The predicted molar refractivity (Wildman–Crippen MR) is 113 cm³/mol. The van der Waals surface area contributed by atoms with E-state index in [9.17, 15) is 0 Å². The van der Waals surface area contributed by atoms with Gasteiger partial charge in [-0.15, -0.1) is 0 Å². The molecule has 0 aromatic heterocycles. The Hall–Kier alpha value is -0.761. The van der Waals surface area contributed by atoms with E-state index in [4.69, 9.17) is 0 Å². The molecule has 2 aromatic carbocycles. The summed E-state index contributed by atoms with van der Waals surface area (Å²) in [5.74, 6) is 0. The van der Waals surface area contributed by atoms with Gasteiger partial charge < -0.3 is 0 Å². The first kappa shape index (κ1) is 20.5. The second-order valence-electron chi connectivity index (χ2n) is 7.09. The SMILES string of the molecule is CCCCc1cc(-c2ccccc2)c(CCCC)c(CCCC)[c]1[Sn]. The van der Waals surface area contributed by atoms with Crippen LogP contribution in [-0.4, -0.2) is 22.5 Å². The fourth-order valence-corrected chi connectivity index (χ4v) is 4.90. The third-order valence-electron chi connectivity index (χ3n) is 5.08. The predicted octanol–water partition coefficient (Wildman–Crippen LogP) is 6.18. The molecule has 2 aromatic rings. The van der Waals surface area contributed by atoms with Crippen molar-refractivity contribution in [3.8, 4) is 11.1 Å². The molecule has 0 unspecified atom stereocenters. The fourth-order valence-electron chi connectivity index (χ4n) is 3.55. The van der Waals surface area contributed by atoms with Crippen molar-refractivity contribution in [1.29, 1.82) is 0 Å². The third-order valence-corrected chi connectivity index (χ3v) is 6.85. The van der Waals surface area contributed by atoms with Crippen LogP contribution >= 0.6 is 0 Å². The first-order valence-electron chi connectivity index (χ1n) is 10.2. The Kier molecular flexibility index (Phi) is 9.09. The van der Waals surface area contributed by atoms with E-state index in [2.05, 4.69) is 57.2 Å². The molecular weight excluding hydrogens is 407 g/mol. The van der Waals surface area contributed by atoms with Crippen LogP contribution in [0.3, 0.4) is 0 Å². The number of hydrogen-bond acceptors (Lipinski definition) is 0. The molecule has 0 aliphatic heterocycles. The van der Waals surface area contributed by atoms with Crippen molar-refractivity contribution in [2.24, 2.45) is 0 Å². The van der Waals surface area contributed by atoms with Crippen LogP contribution in [0.15, 0.2) is 36.4 Å². The molecule has 0 fully saturated rings. The Bertz CT molecular complexity index is 643. The molecule has 1 heteroatoms. The van der Waals surface area contributed by atoms with Crippen LogP contribution in [0.4, 0.5) is 0 Å². The summed E-state index contributed by atoms with van der Waals surface area (Å²) in [5.41, 5.74) is 7.87. The molecule has 0 spiro atoms. The van der Waals surface area contributed by atoms with E-state index < -0.39 is 0 Å². The van der Waals surface area contributed by atoms with Crippen LogP contribution in [0.25, 0.3) is 11.1 Å². The summed E-state index contributed by atoms with van der Waals surface area (Å²) >= 11 is 1.60. The molecule has 0 atom stereocenters. The van der Waals surface area contributed by atoms with Crippen molar-refractivity contribution >= 4 is 26.1 Å². The van der Waals surface area contributed by atoms with Crippen molar-refractivity contribution in [2.75, 3.05) is 0 Å². The Balaban J connectivity index is 2.59. The Morgan fingerprint density at radius 2 is 1.28 bits per heavy atom. The molecule has 0 aliphatic carbocycles. The van der Waals surface area contributed by atoms with Crippen LogP contribution in [0.1, 0.15) is 76.0 Å². The van der Waals surface area contributed by atoms with Gasteiger partial charge >= 0.3 is 169 Å². The summed E-state index contributed by atoms with van der Waals surface area (Å²) in [5, 5.41) is 0. The summed E-state index contributed by atoms with van der Waals surface area (Å²) in [6.07, 6.45) is 11.5. The topological polar surface area (TPSA) is 0 Å². The molecule has 25 heavy (non-hydrogen) atoms. The van der Waals surface area contributed by atoms with Crippen LogP contribution in [0.5, 0.6) is 0 Å². The van der Waals surface area contributed by atoms with Gasteiger partial charge in [0.2, 0.25) is 0 Å². The summed E-state index contributed by atoms with van der Waals surface area (Å²) in [6, 6.07) is 13.6. The van der Waals surface area contributed by atoms with E-state index in [1.807, 2.05) is 0 Å². The zero-order valence-corrected chi connectivity index (χ0v) is 19.2. The average Bonchev–Trinajstić information content (AvgIpc) is 2.65. The van der Waals surface area contributed by atoms with Crippen LogP contribution in [0.2, 0.25) is 0 Å². The third kappa shape index (κ3) is 5.61. The van der Waals surface area contributed by atoms with Crippen LogP contribution in [0, 0.1) is 0 Å². The van der Waals surface area contributed by atoms with E-state index in [0.717, 1.165) is 0 Å². The number of aryl methyl sites for hydroxylation is 1. The molecular formula is C24H33Sn. The number of rotatable bonds is 10. The van der Waals surface area contributed by atoms with Gasteiger partial charge in [-0.2, -0.15) is 0 Å². The standard InChI is InChI=1S/C24H33.Sn/c1-4-7-13-20-18-22(14-8-5-2)23(17-9-6-3)24(19-20)21-15-11-10-12-16-21;/h10-12,15-16,19H,4-9,13-14,17H2,1-3H3;. The molecule has 3 radical (unpaired) electrons. The van der Waals surface area contributed by atoms with Gasteiger partial charge in [0, 0.05) is 0 Å². The van der Waals surface area contributed by atoms with Crippen molar-refractivity contribution in [3.05, 3.63) is 53.1 Å². The maximum absolute atomic E-state index is 2.54. The van der Waals surface area contributed by atoms with Crippen molar-refractivity contribution < 1.29 is 0 Å². The summed E-state index contributed by atoms with van der Waals surface area (Å²) in [7, 11) is 0.